The summed E-state index contributed by atoms with van der Waals surface area (Å²) in [5.74, 6) is 0.343. The van der Waals surface area contributed by atoms with Crippen LogP contribution >= 0.6 is 0 Å². The van der Waals surface area contributed by atoms with E-state index in [1.54, 1.807) is 24.3 Å². The Hall–Kier alpha value is -4.92. The van der Waals surface area contributed by atoms with Gasteiger partial charge in [0, 0.05) is 28.4 Å². The van der Waals surface area contributed by atoms with Crippen LogP contribution in [0.25, 0.3) is 22.0 Å². The van der Waals surface area contributed by atoms with Crippen molar-refractivity contribution >= 4 is 40.4 Å². The first-order valence-electron chi connectivity index (χ1n) is 10.7. The molecule has 0 bridgehead atoms. The molecule has 0 radical (unpaired) electrons. The maximum atomic E-state index is 13.3. The van der Waals surface area contributed by atoms with Crippen LogP contribution in [0, 0.1) is 5.82 Å². The number of aldehydes is 1. The number of hydrogen-bond donors (Lipinski definition) is 3. The maximum absolute atomic E-state index is 13.3. The molecule has 0 unspecified atom stereocenters. The van der Waals surface area contributed by atoms with E-state index in [0.717, 1.165) is 28.3 Å². The first kappa shape index (κ1) is 21.9. The highest BCUT2D eigenvalue weighted by Gasteiger charge is 2.11. The summed E-state index contributed by atoms with van der Waals surface area (Å²) in [6.07, 6.45) is 2.32. The molecule has 0 saturated carbocycles. The minimum Gasteiger partial charge on any atom is -0.326 e. The number of nitrogens with one attached hydrogen (secondary N) is 3. The third-order valence-corrected chi connectivity index (χ3v) is 5.35. The molecule has 0 saturated heterocycles. The quantitative estimate of drug-likeness (QED) is 0.294. The highest BCUT2D eigenvalue weighted by atomic mass is 19.1. The van der Waals surface area contributed by atoms with E-state index in [9.17, 15) is 14.0 Å². The average Bonchev–Trinajstić information content (AvgIpc) is 3.30. The van der Waals surface area contributed by atoms with Crippen molar-refractivity contribution < 1.29 is 14.0 Å². The van der Waals surface area contributed by atoms with Gasteiger partial charge in [-0.2, -0.15) is 5.10 Å². The number of anilines is 3. The van der Waals surface area contributed by atoms with Gasteiger partial charge in [-0.25, -0.2) is 14.4 Å². The van der Waals surface area contributed by atoms with Gasteiger partial charge in [-0.05, 0) is 41.5 Å². The number of benzene rings is 3. The van der Waals surface area contributed by atoms with Crippen molar-refractivity contribution in [1.29, 1.82) is 0 Å². The van der Waals surface area contributed by atoms with Crippen LogP contribution in [-0.4, -0.2) is 32.4 Å². The van der Waals surface area contributed by atoms with Crippen LogP contribution in [-0.2, 0) is 11.2 Å². The lowest BCUT2D eigenvalue weighted by Gasteiger charge is -2.08. The molecule has 2 heterocycles. The molecule has 5 aromatic rings. The molecule has 35 heavy (non-hydrogen) atoms. The third kappa shape index (κ3) is 5.03. The highest BCUT2D eigenvalue weighted by Crippen LogP contribution is 2.28. The van der Waals surface area contributed by atoms with Crippen LogP contribution in [0.1, 0.15) is 16.1 Å². The first-order valence-corrected chi connectivity index (χ1v) is 10.7. The summed E-state index contributed by atoms with van der Waals surface area (Å²) >= 11 is 0. The number of rotatable bonds is 7. The van der Waals surface area contributed by atoms with E-state index in [0.29, 0.717) is 28.6 Å². The van der Waals surface area contributed by atoms with E-state index < -0.39 is 5.82 Å². The van der Waals surface area contributed by atoms with Crippen molar-refractivity contribution in [2.24, 2.45) is 0 Å². The van der Waals surface area contributed by atoms with Gasteiger partial charge in [0.25, 0.3) is 0 Å². The number of fused-ring (bicyclic) bond motifs is 1. The second kappa shape index (κ2) is 9.52. The number of carbonyl (C=O) groups is 2. The summed E-state index contributed by atoms with van der Waals surface area (Å²) in [7, 11) is 0. The van der Waals surface area contributed by atoms with E-state index in [2.05, 4.69) is 30.8 Å². The zero-order chi connectivity index (χ0) is 24.2. The number of carbonyl (C=O) groups excluding carboxylic acids is 2. The van der Waals surface area contributed by atoms with E-state index in [-0.39, 0.29) is 12.3 Å². The monoisotopic (exact) mass is 466 g/mol. The second-order valence-corrected chi connectivity index (χ2v) is 7.83. The Bertz CT molecular complexity index is 1530. The van der Waals surface area contributed by atoms with Gasteiger partial charge in [0.2, 0.25) is 5.91 Å². The Kier molecular flexibility index (Phi) is 5.96. The molecule has 0 fully saturated rings. The van der Waals surface area contributed by atoms with Crippen molar-refractivity contribution in [3.63, 3.8) is 0 Å². The van der Waals surface area contributed by atoms with Gasteiger partial charge in [-0.15, -0.1) is 0 Å². The lowest BCUT2D eigenvalue weighted by atomic mass is 10.0. The summed E-state index contributed by atoms with van der Waals surface area (Å²) in [6, 6.07) is 20.6. The molecular weight excluding hydrogens is 447 g/mol. The number of H-pyrrole nitrogens is 1. The summed E-state index contributed by atoms with van der Waals surface area (Å²) in [5, 5.41) is 13.6. The van der Waals surface area contributed by atoms with Crippen molar-refractivity contribution in [2.45, 2.75) is 6.42 Å². The van der Waals surface area contributed by atoms with E-state index in [1.165, 1.54) is 24.5 Å². The molecule has 3 N–H and O–H groups in total. The second-order valence-electron chi connectivity index (χ2n) is 7.83. The molecule has 0 aliphatic carbocycles. The SMILES string of the molecule is O=Cc1ccc(-c2ccc3c(Nc4cc(CC(=O)Nc5cccc(F)c5)[nH]n4)ncnc3c2)cc1. The molecule has 0 spiro atoms. The minimum absolute atomic E-state index is 0.0436. The fraction of sp³-hybridized carbons (Fsp3) is 0.0385. The highest BCUT2D eigenvalue weighted by molar-refractivity contribution is 5.94. The topological polar surface area (TPSA) is 113 Å². The van der Waals surface area contributed by atoms with Crippen LogP contribution in [0.3, 0.4) is 0 Å². The summed E-state index contributed by atoms with van der Waals surface area (Å²) in [4.78, 5) is 31.9. The Morgan fingerprint density at radius 2 is 1.80 bits per heavy atom. The van der Waals surface area contributed by atoms with Gasteiger partial charge in [-0.3, -0.25) is 14.7 Å². The molecule has 9 heteroatoms. The van der Waals surface area contributed by atoms with Gasteiger partial charge < -0.3 is 10.6 Å². The molecule has 0 atom stereocenters. The Balaban J connectivity index is 1.30. The summed E-state index contributed by atoms with van der Waals surface area (Å²) < 4.78 is 13.3. The fourth-order valence-corrected chi connectivity index (χ4v) is 3.67. The van der Waals surface area contributed by atoms with E-state index in [4.69, 9.17) is 0 Å². The van der Waals surface area contributed by atoms with Crippen LogP contribution in [0.2, 0.25) is 0 Å². The number of halogens is 1. The van der Waals surface area contributed by atoms with E-state index in [1.807, 2.05) is 30.3 Å². The maximum Gasteiger partial charge on any atom is 0.230 e. The predicted molar refractivity (Wildman–Crippen MR) is 131 cm³/mol. The lowest BCUT2D eigenvalue weighted by Crippen LogP contribution is -2.14. The minimum atomic E-state index is -0.421. The van der Waals surface area contributed by atoms with Crippen LogP contribution < -0.4 is 10.6 Å². The van der Waals surface area contributed by atoms with Crippen molar-refractivity contribution in [3.05, 3.63) is 96.2 Å². The zero-order valence-electron chi connectivity index (χ0n) is 18.3. The van der Waals surface area contributed by atoms with Gasteiger partial charge in [-0.1, -0.05) is 36.4 Å². The number of hydrogen-bond acceptors (Lipinski definition) is 6. The molecule has 1 amide bonds. The molecule has 0 aliphatic heterocycles. The van der Waals surface area contributed by atoms with Crippen molar-refractivity contribution in [2.75, 3.05) is 10.6 Å². The van der Waals surface area contributed by atoms with Gasteiger partial charge in [0.15, 0.2) is 5.82 Å². The Labute approximate surface area is 199 Å². The summed E-state index contributed by atoms with van der Waals surface area (Å²) in [5.41, 5.74) is 4.27. The van der Waals surface area contributed by atoms with Crippen LogP contribution in [0.4, 0.5) is 21.7 Å². The normalized spacial score (nSPS) is 10.8. The Morgan fingerprint density at radius 1 is 0.971 bits per heavy atom. The predicted octanol–water partition coefficient (Wildman–Crippen LogP) is 4.90. The van der Waals surface area contributed by atoms with Gasteiger partial charge in [0.1, 0.15) is 24.2 Å². The van der Waals surface area contributed by atoms with Gasteiger partial charge >= 0.3 is 0 Å². The van der Waals surface area contributed by atoms with Crippen molar-refractivity contribution in [1.82, 2.24) is 20.2 Å². The molecule has 172 valence electrons. The zero-order valence-corrected chi connectivity index (χ0v) is 18.3. The third-order valence-electron chi connectivity index (χ3n) is 5.35. The molecule has 0 aliphatic rings. The number of aromatic nitrogens is 4. The lowest BCUT2D eigenvalue weighted by molar-refractivity contribution is -0.115. The van der Waals surface area contributed by atoms with Crippen LogP contribution in [0.15, 0.2) is 79.1 Å². The summed E-state index contributed by atoms with van der Waals surface area (Å²) in [6.45, 7) is 0. The molecule has 2 aromatic heterocycles. The number of amides is 1. The van der Waals surface area contributed by atoms with Gasteiger partial charge in [0.05, 0.1) is 11.9 Å². The standard InChI is InChI=1S/C26H19FN6O2/c27-19-2-1-3-20(11-19)30-25(35)13-21-12-24(33-32-21)31-26-22-9-8-18(10-23(22)28-15-29-26)17-6-4-16(14-34)5-7-17/h1-12,14-15H,13H2,(H,30,35)(H2,28,29,31,32,33). The first-order chi connectivity index (χ1) is 17.1. The molecular formula is C26H19FN6O2. The molecule has 3 aromatic carbocycles. The molecule has 5 rings (SSSR count). The number of aromatic amines is 1. The largest absolute Gasteiger partial charge is 0.326 e. The van der Waals surface area contributed by atoms with E-state index >= 15 is 0 Å². The number of nitrogens with zero attached hydrogens (tertiary/aromatic N) is 3. The fourth-order valence-electron chi connectivity index (χ4n) is 3.67. The smallest absolute Gasteiger partial charge is 0.230 e. The van der Waals surface area contributed by atoms with Crippen LogP contribution in [0.5, 0.6) is 0 Å². The molecule has 8 nitrogen and oxygen atoms in total. The Morgan fingerprint density at radius 3 is 2.60 bits per heavy atom. The average molecular weight is 466 g/mol. The van der Waals surface area contributed by atoms with Crippen molar-refractivity contribution in [3.8, 4) is 11.1 Å².